The second kappa shape index (κ2) is 10.5. The molecule has 1 amide bonds. The van der Waals surface area contributed by atoms with Gasteiger partial charge in [0, 0.05) is 18.9 Å². The Morgan fingerprint density at radius 2 is 1.97 bits per heavy atom. The van der Waals surface area contributed by atoms with E-state index >= 15 is 0 Å². The van der Waals surface area contributed by atoms with Crippen molar-refractivity contribution in [3.05, 3.63) is 66.0 Å². The summed E-state index contributed by atoms with van der Waals surface area (Å²) >= 11 is 0. The predicted octanol–water partition coefficient (Wildman–Crippen LogP) is 2.13. The number of rotatable bonds is 8. The molecule has 9 heteroatoms. The van der Waals surface area contributed by atoms with Crippen LogP contribution in [-0.4, -0.2) is 54.8 Å². The van der Waals surface area contributed by atoms with Crippen molar-refractivity contribution in [2.75, 3.05) is 13.1 Å². The van der Waals surface area contributed by atoms with Gasteiger partial charge in [0.15, 0.2) is 0 Å². The van der Waals surface area contributed by atoms with Crippen LogP contribution >= 0.6 is 0 Å². The number of amides is 1. The van der Waals surface area contributed by atoms with E-state index in [2.05, 4.69) is 10.3 Å². The molecule has 1 fully saturated rings. The summed E-state index contributed by atoms with van der Waals surface area (Å²) in [5.74, 6) is -1.06. The third-order valence-corrected chi connectivity index (χ3v) is 6.92. The van der Waals surface area contributed by atoms with Gasteiger partial charge in [0.2, 0.25) is 10.0 Å². The lowest BCUT2D eigenvalue weighted by atomic mass is 10.1. The summed E-state index contributed by atoms with van der Waals surface area (Å²) < 4.78 is 32.7. The molecule has 3 rings (SSSR count). The van der Waals surface area contributed by atoms with Crippen LogP contribution in [0.1, 0.15) is 42.1 Å². The quantitative estimate of drug-likeness (QED) is 0.624. The van der Waals surface area contributed by atoms with Crippen LogP contribution in [-0.2, 0) is 25.3 Å². The van der Waals surface area contributed by atoms with Gasteiger partial charge in [-0.1, -0.05) is 30.3 Å². The zero-order valence-electron chi connectivity index (χ0n) is 17.4. The number of esters is 1. The van der Waals surface area contributed by atoms with Gasteiger partial charge in [-0.3, -0.25) is 14.6 Å². The van der Waals surface area contributed by atoms with Gasteiger partial charge < -0.3 is 10.1 Å². The van der Waals surface area contributed by atoms with E-state index in [9.17, 15) is 18.0 Å². The van der Waals surface area contributed by atoms with Crippen molar-refractivity contribution in [2.45, 2.75) is 44.1 Å². The maximum Gasteiger partial charge on any atom is 0.324 e. The standard InChI is InChI=1S/C22H27N3O5S/c1-17(14-24-21(26)19-10-7-12-23-15-19)30-22(27)20-11-5-6-13-25(20)31(28,29)16-18-8-3-2-4-9-18/h2-4,7-10,12,15,17,20H,5-6,11,13-14,16H2,1H3,(H,24,26)/t17-,20-/m0/s1. The topological polar surface area (TPSA) is 106 Å². The molecular weight excluding hydrogens is 418 g/mol. The maximum absolute atomic E-state index is 13.0. The number of benzene rings is 1. The molecule has 1 aromatic heterocycles. The summed E-state index contributed by atoms with van der Waals surface area (Å²) in [6.45, 7) is 2.07. The van der Waals surface area contributed by atoms with Crippen molar-refractivity contribution in [1.82, 2.24) is 14.6 Å². The normalized spacial score (nSPS) is 18.2. The minimum absolute atomic E-state index is 0.114. The smallest absolute Gasteiger partial charge is 0.324 e. The first kappa shape index (κ1) is 22.9. The Bertz CT molecular complexity index is 983. The molecule has 1 aromatic carbocycles. The van der Waals surface area contributed by atoms with Crippen molar-refractivity contribution < 1.29 is 22.7 Å². The average molecular weight is 446 g/mol. The van der Waals surface area contributed by atoms with Crippen LogP contribution in [0.5, 0.6) is 0 Å². The Kier molecular flexibility index (Phi) is 7.75. The fraction of sp³-hybridized carbons (Fsp3) is 0.409. The number of aromatic nitrogens is 1. The van der Waals surface area contributed by atoms with Gasteiger partial charge in [-0.05, 0) is 43.9 Å². The lowest BCUT2D eigenvalue weighted by Crippen LogP contribution is -2.50. The van der Waals surface area contributed by atoms with Gasteiger partial charge in [-0.15, -0.1) is 0 Å². The molecule has 0 aliphatic carbocycles. The lowest BCUT2D eigenvalue weighted by molar-refractivity contribution is -0.153. The van der Waals surface area contributed by atoms with Gasteiger partial charge in [0.25, 0.3) is 5.91 Å². The molecule has 0 bridgehead atoms. The summed E-state index contributed by atoms with van der Waals surface area (Å²) in [4.78, 5) is 28.8. The number of ether oxygens (including phenoxy) is 1. The van der Waals surface area contributed by atoms with E-state index in [1.54, 1.807) is 49.5 Å². The Hall–Kier alpha value is -2.78. The zero-order chi connectivity index (χ0) is 22.3. The Balaban J connectivity index is 1.59. The summed E-state index contributed by atoms with van der Waals surface area (Å²) in [6.07, 6.45) is 4.29. The highest BCUT2D eigenvalue weighted by molar-refractivity contribution is 7.88. The number of carbonyl (C=O) groups is 2. The SMILES string of the molecule is C[C@@H](CNC(=O)c1cccnc1)OC(=O)[C@@H]1CCCCN1S(=O)(=O)Cc1ccccc1. The van der Waals surface area contributed by atoms with Gasteiger partial charge >= 0.3 is 5.97 Å². The molecule has 2 heterocycles. The number of pyridine rings is 1. The van der Waals surface area contributed by atoms with E-state index in [1.807, 2.05) is 6.07 Å². The van der Waals surface area contributed by atoms with E-state index < -0.39 is 28.1 Å². The molecular formula is C22H27N3O5S. The molecule has 2 aromatic rings. The third kappa shape index (κ3) is 6.35. The van der Waals surface area contributed by atoms with Crippen molar-refractivity contribution in [2.24, 2.45) is 0 Å². The highest BCUT2D eigenvalue weighted by atomic mass is 32.2. The Morgan fingerprint density at radius 3 is 2.68 bits per heavy atom. The molecule has 2 atom stereocenters. The molecule has 0 spiro atoms. The van der Waals surface area contributed by atoms with Gasteiger partial charge in [0.1, 0.15) is 12.1 Å². The van der Waals surface area contributed by atoms with Crippen LogP contribution in [0.15, 0.2) is 54.9 Å². The highest BCUT2D eigenvalue weighted by Gasteiger charge is 2.38. The second-order valence-electron chi connectivity index (χ2n) is 7.56. The molecule has 8 nitrogen and oxygen atoms in total. The van der Waals surface area contributed by atoms with Crippen LogP contribution in [0.4, 0.5) is 0 Å². The summed E-state index contributed by atoms with van der Waals surface area (Å²) in [5, 5.41) is 2.69. The summed E-state index contributed by atoms with van der Waals surface area (Å²) in [6, 6.07) is 11.3. The third-order valence-electron chi connectivity index (χ3n) is 5.07. The van der Waals surface area contributed by atoms with Crippen LogP contribution < -0.4 is 5.32 Å². The van der Waals surface area contributed by atoms with Gasteiger partial charge in [-0.2, -0.15) is 4.31 Å². The van der Waals surface area contributed by atoms with Crippen molar-refractivity contribution >= 4 is 21.9 Å². The first-order valence-electron chi connectivity index (χ1n) is 10.3. The molecule has 31 heavy (non-hydrogen) atoms. The van der Waals surface area contributed by atoms with Crippen molar-refractivity contribution in [3.8, 4) is 0 Å². The molecule has 0 unspecified atom stereocenters. The van der Waals surface area contributed by atoms with Gasteiger partial charge in [-0.25, -0.2) is 8.42 Å². The first-order chi connectivity index (χ1) is 14.9. The van der Waals surface area contributed by atoms with E-state index in [4.69, 9.17) is 4.74 Å². The maximum atomic E-state index is 13.0. The van der Waals surface area contributed by atoms with Crippen LogP contribution in [0.3, 0.4) is 0 Å². The van der Waals surface area contributed by atoms with Crippen molar-refractivity contribution in [1.29, 1.82) is 0 Å². The fourth-order valence-corrected chi connectivity index (χ4v) is 5.26. The van der Waals surface area contributed by atoms with Gasteiger partial charge in [0.05, 0.1) is 17.9 Å². The molecule has 1 saturated heterocycles. The minimum Gasteiger partial charge on any atom is -0.460 e. The van der Waals surface area contributed by atoms with Crippen molar-refractivity contribution in [3.63, 3.8) is 0 Å². The lowest BCUT2D eigenvalue weighted by Gasteiger charge is -2.33. The van der Waals surface area contributed by atoms with E-state index in [1.165, 1.54) is 10.5 Å². The van der Waals surface area contributed by atoms with Crippen LogP contribution in [0.2, 0.25) is 0 Å². The Labute approximate surface area is 182 Å². The van der Waals surface area contributed by atoms with Crippen LogP contribution in [0.25, 0.3) is 0 Å². The zero-order valence-corrected chi connectivity index (χ0v) is 18.3. The number of hydrogen-bond acceptors (Lipinski definition) is 6. The summed E-state index contributed by atoms with van der Waals surface area (Å²) in [5.41, 5.74) is 1.08. The summed E-state index contributed by atoms with van der Waals surface area (Å²) in [7, 11) is -3.67. The fourth-order valence-electron chi connectivity index (χ4n) is 3.50. The minimum atomic E-state index is -3.67. The predicted molar refractivity (Wildman–Crippen MR) is 116 cm³/mol. The molecule has 0 radical (unpaired) electrons. The molecule has 166 valence electrons. The van der Waals surface area contributed by atoms with E-state index in [-0.39, 0.29) is 18.2 Å². The molecule has 0 saturated carbocycles. The molecule has 1 aliphatic rings. The number of carbonyl (C=O) groups excluding carboxylic acids is 2. The molecule has 1 N–H and O–H groups in total. The largest absolute Gasteiger partial charge is 0.460 e. The monoisotopic (exact) mass is 445 g/mol. The number of nitrogens with zero attached hydrogens (tertiary/aromatic N) is 2. The number of piperidine rings is 1. The average Bonchev–Trinajstić information content (AvgIpc) is 2.78. The first-order valence-corrected chi connectivity index (χ1v) is 11.9. The van der Waals surface area contributed by atoms with Crippen LogP contribution in [0, 0.1) is 0 Å². The second-order valence-corrected chi connectivity index (χ2v) is 9.48. The van der Waals surface area contributed by atoms with E-state index in [0.29, 0.717) is 30.5 Å². The number of nitrogens with one attached hydrogen (secondary N) is 1. The molecule has 1 aliphatic heterocycles. The number of sulfonamides is 1. The highest BCUT2D eigenvalue weighted by Crippen LogP contribution is 2.24. The Morgan fingerprint density at radius 1 is 1.19 bits per heavy atom. The van der Waals surface area contributed by atoms with E-state index in [0.717, 1.165) is 6.42 Å². The number of hydrogen-bond donors (Lipinski definition) is 1.